The normalized spacial score (nSPS) is 14.8. The number of alkyl halides is 3. The van der Waals surface area contributed by atoms with Gasteiger partial charge in [0, 0.05) is 12.0 Å². The third-order valence-corrected chi connectivity index (χ3v) is 6.27. The zero-order valence-corrected chi connectivity index (χ0v) is 20.0. The largest absolute Gasteiger partial charge is 0.489 e. The van der Waals surface area contributed by atoms with Crippen molar-refractivity contribution in [3.8, 4) is 22.6 Å². The second-order valence-electron chi connectivity index (χ2n) is 9.98. The van der Waals surface area contributed by atoms with Crippen molar-refractivity contribution in [2.75, 3.05) is 0 Å². The predicted octanol–water partition coefficient (Wildman–Crippen LogP) is 7.03. The Balaban J connectivity index is 1.64. The summed E-state index contributed by atoms with van der Waals surface area (Å²) >= 11 is 0. The average Bonchev–Trinajstić information content (AvgIpc) is 3.11. The summed E-state index contributed by atoms with van der Waals surface area (Å²) in [5, 5.41) is 9.42. The maximum absolute atomic E-state index is 13.3. The zero-order valence-electron chi connectivity index (χ0n) is 20.0. The number of halogens is 3. The van der Waals surface area contributed by atoms with Crippen LogP contribution >= 0.6 is 0 Å². The maximum Gasteiger partial charge on any atom is 0.416 e. The lowest BCUT2D eigenvalue weighted by Crippen LogP contribution is -2.28. The molecule has 7 heteroatoms. The van der Waals surface area contributed by atoms with Crippen molar-refractivity contribution in [1.29, 1.82) is 0 Å². The highest BCUT2D eigenvalue weighted by Crippen LogP contribution is 2.42. The van der Waals surface area contributed by atoms with Crippen molar-refractivity contribution in [3.63, 3.8) is 0 Å². The third kappa shape index (κ3) is 5.14. The molecule has 0 saturated heterocycles. The van der Waals surface area contributed by atoms with Crippen LogP contribution in [0.25, 0.3) is 11.1 Å². The van der Waals surface area contributed by atoms with E-state index >= 15 is 0 Å². The molecule has 1 aliphatic heterocycles. The Kier molecular flexibility index (Phi) is 6.07. The molecular formula is C28H27F3O4. The molecule has 0 atom stereocenters. The van der Waals surface area contributed by atoms with Crippen LogP contribution in [0.15, 0.2) is 60.7 Å². The summed E-state index contributed by atoms with van der Waals surface area (Å²) in [6.45, 7) is 7.33. The first-order valence-corrected chi connectivity index (χ1v) is 11.3. The SMILES string of the molecule is CC1(C)Cc2cc(-c3cccc(C(F)(F)F)c3)cc(COc3ccc(C(C)(C)C(=O)O)cc3)c2O1. The second-order valence-corrected chi connectivity index (χ2v) is 9.98. The molecule has 0 spiro atoms. The highest BCUT2D eigenvalue weighted by atomic mass is 19.4. The highest BCUT2D eigenvalue weighted by molar-refractivity contribution is 5.80. The fourth-order valence-corrected chi connectivity index (χ4v) is 4.19. The molecule has 0 aromatic heterocycles. The van der Waals surface area contributed by atoms with E-state index in [1.165, 1.54) is 6.07 Å². The molecule has 1 aliphatic rings. The number of fused-ring (bicyclic) bond motifs is 1. The Morgan fingerprint density at radius 1 is 1.00 bits per heavy atom. The first-order chi connectivity index (χ1) is 16.3. The quantitative estimate of drug-likeness (QED) is 0.408. The summed E-state index contributed by atoms with van der Waals surface area (Å²) in [5.74, 6) is 0.313. The van der Waals surface area contributed by atoms with Gasteiger partial charge in [0.05, 0.1) is 11.0 Å². The van der Waals surface area contributed by atoms with Crippen molar-refractivity contribution >= 4 is 5.97 Å². The molecule has 0 aliphatic carbocycles. The van der Waals surface area contributed by atoms with Gasteiger partial charge < -0.3 is 14.6 Å². The summed E-state index contributed by atoms with van der Waals surface area (Å²) < 4.78 is 51.9. The lowest BCUT2D eigenvalue weighted by molar-refractivity contribution is -0.142. The van der Waals surface area contributed by atoms with Crippen molar-refractivity contribution < 1.29 is 32.5 Å². The van der Waals surface area contributed by atoms with E-state index in [2.05, 4.69) is 0 Å². The van der Waals surface area contributed by atoms with Gasteiger partial charge in [-0.05, 0) is 86.3 Å². The molecule has 184 valence electrons. The van der Waals surface area contributed by atoms with E-state index in [1.54, 1.807) is 50.2 Å². The fourth-order valence-electron chi connectivity index (χ4n) is 4.19. The van der Waals surface area contributed by atoms with E-state index in [0.717, 1.165) is 23.3 Å². The van der Waals surface area contributed by atoms with Crippen LogP contribution in [-0.4, -0.2) is 16.7 Å². The van der Waals surface area contributed by atoms with Crippen LogP contribution < -0.4 is 9.47 Å². The Labute approximate surface area is 202 Å². The van der Waals surface area contributed by atoms with Crippen LogP contribution in [0.1, 0.15) is 49.9 Å². The number of carboxylic acids is 1. The predicted molar refractivity (Wildman–Crippen MR) is 127 cm³/mol. The Morgan fingerprint density at radius 2 is 1.69 bits per heavy atom. The second kappa shape index (κ2) is 8.63. The number of hydrogen-bond acceptors (Lipinski definition) is 3. The maximum atomic E-state index is 13.3. The molecule has 4 nitrogen and oxygen atoms in total. The number of aliphatic carboxylic acids is 1. The molecule has 3 aromatic rings. The van der Waals surface area contributed by atoms with Gasteiger partial charge in [-0.1, -0.05) is 24.3 Å². The molecule has 0 saturated carbocycles. The van der Waals surface area contributed by atoms with Crippen LogP contribution in [0, 0.1) is 0 Å². The van der Waals surface area contributed by atoms with E-state index in [1.807, 2.05) is 19.9 Å². The van der Waals surface area contributed by atoms with E-state index in [0.29, 0.717) is 34.6 Å². The van der Waals surface area contributed by atoms with Gasteiger partial charge in [-0.15, -0.1) is 0 Å². The van der Waals surface area contributed by atoms with Crippen molar-refractivity contribution in [2.24, 2.45) is 0 Å². The standard InChI is InChI=1S/C28H27F3O4/c1-26(2)15-19-12-18(17-6-5-7-22(14-17)28(29,30)31)13-20(24(19)35-26)16-34-23-10-8-21(9-11-23)27(3,4)25(32)33/h5-14H,15-16H2,1-4H3,(H,32,33). The molecule has 0 amide bonds. The van der Waals surface area contributed by atoms with E-state index in [-0.39, 0.29) is 6.61 Å². The van der Waals surface area contributed by atoms with Gasteiger partial charge in [0.1, 0.15) is 23.7 Å². The van der Waals surface area contributed by atoms with Gasteiger partial charge >= 0.3 is 12.1 Å². The number of ether oxygens (including phenoxy) is 2. The van der Waals surface area contributed by atoms with E-state index < -0.39 is 28.7 Å². The fraction of sp³-hybridized carbons (Fsp3) is 0.321. The zero-order chi connectivity index (χ0) is 25.6. The molecule has 0 fully saturated rings. The first kappa shape index (κ1) is 24.6. The summed E-state index contributed by atoms with van der Waals surface area (Å²) in [5.41, 5.74) is 1.26. The topological polar surface area (TPSA) is 55.8 Å². The number of carbonyl (C=O) groups is 1. The third-order valence-electron chi connectivity index (χ3n) is 6.27. The summed E-state index contributed by atoms with van der Waals surface area (Å²) in [7, 11) is 0. The van der Waals surface area contributed by atoms with Crippen LogP contribution in [0.5, 0.6) is 11.5 Å². The number of rotatable bonds is 6. The Morgan fingerprint density at radius 3 is 2.31 bits per heavy atom. The van der Waals surface area contributed by atoms with Crippen LogP contribution in [0.2, 0.25) is 0 Å². The minimum atomic E-state index is -4.43. The van der Waals surface area contributed by atoms with Gasteiger partial charge in [-0.25, -0.2) is 0 Å². The molecule has 0 bridgehead atoms. The molecular weight excluding hydrogens is 457 g/mol. The van der Waals surface area contributed by atoms with Crippen molar-refractivity contribution in [2.45, 2.75) is 57.9 Å². The van der Waals surface area contributed by atoms with E-state index in [9.17, 15) is 23.1 Å². The first-order valence-electron chi connectivity index (χ1n) is 11.3. The Bertz CT molecular complexity index is 1260. The van der Waals surface area contributed by atoms with Crippen LogP contribution in [0.4, 0.5) is 13.2 Å². The summed E-state index contributed by atoms with van der Waals surface area (Å²) in [6, 6.07) is 15.8. The van der Waals surface area contributed by atoms with Gasteiger partial charge in [0.25, 0.3) is 0 Å². The van der Waals surface area contributed by atoms with Gasteiger partial charge in [-0.2, -0.15) is 13.2 Å². The van der Waals surface area contributed by atoms with E-state index in [4.69, 9.17) is 9.47 Å². The molecule has 1 N–H and O–H groups in total. The monoisotopic (exact) mass is 484 g/mol. The average molecular weight is 485 g/mol. The van der Waals surface area contributed by atoms with Gasteiger partial charge in [0.15, 0.2) is 0 Å². The molecule has 1 heterocycles. The van der Waals surface area contributed by atoms with Gasteiger partial charge in [0.2, 0.25) is 0 Å². The summed E-state index contributed by atoms with van der Waals surface area (Å²) in [4.78, 5) is 11.5. The minimum Gasteiger partial charge on any atom is -0.489 e. The van der Waals surface area contributed by atoms with Crippen molar-refractivity contribution in [1.82, 2.24) is 0 Å². The Hall–Kier alpha value is -3.48. The van der Waals surface area contributed by atoms with Gasteiger partial charge in [-0.3, -0.25) is 4.79 Å². The number of hydrogen-bond donors (Lipinski definition) is 1. The lowest BCUT2D eigenvalue weighted by atomic mass is 9.85. The molecule has 3 aromatic carbocycles. The number of benzene rings is 3. The molecule has 0 unspecified atom stereocenters. The van der Waals surface area contributed by atoms with Crippen molar-refractivity contribution in [3.05, 3.63) is 82.9 Å². The van der Waals surface area contributed by atoms with Crippen LogP contribution in [0.3, 0.4) is 0 Å². The smallest absolute Gasteiger partial charge is 0.416 e. The number of carboxylic acid groups (broad SMARTS) is 1. The summed E-state index contributed by atoms with van der Waals surface area (Å²) in [6.07, 6.45) is -3.80. The highest BCUT2D eigenvalue weighted by Gasteiger charge is 2.34. The van der Waals surface area contributed by atoms with Crippen LogP contribution in [-0.2, 0) is 29.4 Å². The lowest BCUT2D eigenvalue weighted by Gasteiger charge is -2.20. The molecule has 35 heavy (non-hydrogen) atoms. The molecule has 0 radical (unpaired) electrons. The minimum absolute atomic E-state index is 0.146. The molecule has 4 rings (SSSR count).